The highest BCUT2D eigenvalue weighted by molar-refractivity contribution is 7.18. The Morgan fingerprint density at radius 1 is 1.56 bits per heavy atom. The van der Waals surface area contributed by atoms with E-state index < -0.39 is 0 Å². The summed E-state index contributed by atoms with van der Waals surface area (Å²) >= 11 is 1.49. The van der Waals surface area contributed by atoms with Crippen molar-refractivity contribution in [1.82, 2.24) is 4.98 Å². The van der Waals surface area contributed by atoms with Crippen LogP contribution in [0.5, 0.6) is 0 Å². The van der Waals surface area contributed by atoms with Crippen LogP contribution in [0.4, 0.5) is 11.4 Å². The maximum atomic E-state index is 11.1. The Hall–Kier alpha value is -1.69. The number of aromatic nitrogens is 1. The monoisotopic (exact) mass is 263 g/mol. The molecule has 0 saturated heterocycles. The molecule has 3 rings (SSSR count). The van der Waals surface area contributed by atoms with Crippen molar-refractivity contribution in [1.29, 1.82) is 0 Å². The predicted molar refractivity (Wildman–Crippen MR) is 72.2 cm³/mol. The second kappa shape index (κ2) is 4.20. The second-order valence-corrected chi connectivity index (χ2v) is 5.89. The number of nitrogens with zero attached hydrogens (tertiary/aromatic N) is 2. The van der Waals surface area contributed by atoms with Crippen LogP contribution in [0.3, 0.4) is 0 Å². The number of benzene rings is 1. The van der Waals surface area contributed by atoms with E-state index in [1.54, 1.807) is 12.1 Å². The van der Waals surface area contributed by atoms with Gasteiger partial charge in [0.1, 0.15) is 5.69 Å². The molecule has 0 radical (unpaired) electrons. The number of nitro groups is 1. The molecule has 1 saturated carbocycles. The zero-order valence-electron chi connectivity index (χ0n) is 9.97. The van der Waals surface area contributed by atoms with Crippen LogP contribution in [-0.2, 0) is 0 Å². The van der Waals surface area contributed by atoms with Crippen LogP contribution >= 0.6 is 11.3 Å². The van der Waals surface area contributed by atoms with Gasteiger partial charge in [0.15, 0.2) is 0 Å². The number of nitrogens with one attached hydrogen (secondary N) is 1. The summed E-state index contributed by atoms with van der Waals surface area (Å²) in [6.07, 6.45) is 2.44. The Bertz CT molecular complexity index is 619. The fraction of sp³-hybridized carbons (Fsp3) is 0.417. The van der Waals surface area contributed by atoms with Gasteiger partial charge >= 0.3 is 0 Å². The Labute approximate surface area is 108 Å². The third-order valence-corrected chi connectivity index (χ3v) is 4.02. The molecule has 1 aromatic heterocycles. The van der Waals surface area contributed by atoms with Gasteiger partial charge in [0.25, 0.3) is 5.69 Å². The highest BCUT2D eigenvalue weighted by Crippen LogP contribution is 2.35. The van der Waals surface area contributed by atoms with E-state index in [0.29, 0.717) is 11.6 Å². The normalized spacial score (nSPS) is 14.9. The molecule has 0 aliphatic heterocycles. The number of fused-ring (bicyclic) bond motifs is 1. The van der Waals surface area contributed by atoms with Crippen LogP contribution in [0.25, 0.3) is 10.2 Å². The number of thiazole rings is 1. The van der Waals surface area contributed by atoms with Crippen molar-refractivity contribution < 1.29 is 4.92 Å². The average Bonchev–Trinajstić information content (AvgIpc) is 3.06. The summed E-state index contributed by atoms with van der Waals surface area (Å²) in [5, 5.41) is 15.2. The topological polar surface area (TPSA) is 68.1 Å². The summed E-state index contributed by atoms with van der Waals surface area (Å²) in [5.74, 6) is 0.678. The number of hydrogen-bond acceptors (Lipinski definition) is 5. The van der Waals surface area contributed by atoms with E-state index in [1.165, 1.54) is 24.2 Å². The van der Waals surface area contributed by atoms with Crippen molar-refractivity contribution >= 4 is 32.9 Å². The minimum absolute atomic E-state index is 0.145. The van der Waals surface area contributed by atoms with Crippen molar-refractivity contribution in [2.75, 3.05) is 11.9 Å². The summed E-state index contributed by atoms with van der Waals surface area (Å²) in [4.78, 5) is 15.1. The molecule has 0 amide bonds. The molecule has 1 aliphatic carbocycles. The molecule has 0 unspecified atom stereocenters. The number of aryl methyl sites for hydroxylation is 1. The lowest BCUT2D eigenvalue weighted by atomic mass is 10.2. The average molecular weight is 263 g/mol. The third kappa shape index (κ3) is 2.15. The molecule has 1 N–H and O–H groups in total. The van der Waals surface area contributed by atoms with E-state index in [0.717, 1.165) is 21.8 Å². The first-order valence-corrected chi connectivity index (χ1v) is 6.74. The number of rotatable bonds is 4. The lowest BCUT2D eigenvalue weighted by Crippen LogP contribution is -2.05. The van der Waals surface area contributed by atoms with Crippen LogP contribution in [-0.4, -0.2) is 16.5 Å². The smallest absolute Gasteiger partial charge is 0.293 e. The standard InChI is InChI=1S/C12H13N3O2S/c1-7-14-10-4-9(13-6-8-2-3-8)11(15(16)17)5-12(10)18-7/h4-5,8,13H,2-3,6H2,1H3. The molecule has 94 valence electrons. The fourth-order valence-corrected chi connectivity index (χ4v) is 2.79. The van der Waals surface area contributed by atoms with Gasteiger partial charge in [-0.25, -0.2) is 4.98 Å². The lowest BCUT2D eigenvalue weighted by Gasteiger charge is -2.05. The summed E-state index contributed by atoms with van der Waals surface area (Å²) in [5.41, 5.74) is 1.57. The van der Waals surface area contributed by atoms with Gasteiger partial charge in [-0.3, -0.25) is 10.1 Å². The van der Waals surface area contributed by atoms with Gasteiger partial charge in [0.05, 0.1) is 20.1 Å². The van der Waals surface area contributed by atoms with Crippen LogP contribution < -0.4 is 5.32 Å². The van der Waals surface area contributed by atoms with Crippen molar-refractivity contribution in [2.45, 2.75) is 19.8 Å². The number of nitro benzene ring substituents is 1. The van der Waals surface area contributed by atoms with Gasteiger partial charge in [-0.2, -0.15) is 0 Å². The Morgan fingerprint density at radius 3 is 3.00 bits per heavy atom. The predicted octanol–water partition coefficient (Wildman–Crippen LogP) is 3.33. The lowest BCUT2D eigenvalue weighted by molar-refractivity contribution is -0.383. The Kier molecular flexibility index (Phi) is 2.66. The highest BCUT2D eigenvalue weighted by atomic mass is 32.1. The minimum atomic E-state index is -0.330. The molecule has 6 heteroatoms. The highest BCUT2D eigenvalue weighted by Gasteiger charge is 2.23. The van der Waals surface area contributed by atoms with Gasteiger partial charge in [-0.1, -0.05) is 0 Å². The molecular formula is C12H13N3O2S. The molecule has 2 aromatic rings. The zero-order valence-corrected chi connectivity index (χ0v) is 10.8. The summed E-state index contributed by atoms with van der Waals surface area (Å²) in [7, 11) is 0. The van der Waals surface area contributed by atoms with E-state index in [1.807, 2.05) is 6.92 Å². The van der Waals surface area contributed by atoms with Gasteiger partial charge in [0, 0.05) is 12.6 Å². The van der Waals surface area contributed by atoms with E-state index in [9.17, 15) is 10.1 Å². The van der Waals surface area contributed by atoms with Crippen molar-refractivity contribution in [3.05, 3.63) is 27.3 Å². The van der Waals surface area contributed by atoms with E-state index in [2.05, 4.69) is 10.3 Å². The van der Waals surface area contributed by atoms with Crippen molar-refractivity contribution in [2.24, 2.45) is 5.92 Å². The maximum absolute atomic E-state index is 11.1. The van der Waals surface area contributed by atoms with E-state index in [4.69, 9.17) is 0 Å². The van der Waals surface area contributed by atoms with Crippen LogP contribution in [0, 0.1) is 23.0 Å². The number of hydrogen-bond donors (Lipinski definition) is 1. The van der Waals surface area contributed by atoms with E-state index >= 15 is 0 Å². The third-order valence-electron chi connectivity index (χ3n) is 3.09. The van der Waals surface area contributed by atoms with Crippen molar-refractivity contribution in [3.63, 3.8) is 0 Å². The maximum Gasteiger partial charge on any atom is 0.293 e. The first kappa shape index (κ1) is 11.4. The second-order valence-electron chi connectivity index (χ2n) is 4.65. The molecule has 1 aliphatic rings. The summed E-state index contributed by atoms with van der Waals surface area (Å²) in [6.45, 7) is 2.73. The minimum Gasteiger partial charge on any atom is -0.379 e. The Balaban J connectivity index is 2.01. The SMILES string of the molecule is Cc1nc2cc(NCC3CC3)c([N+](=O)[O-])cc2s1. The van der Waals surface area contributed by atoms with Gasteiger partial charge < -0.3 is 5.32 Å². The first-order valence-electron chi connectivity index (χ1n) is 5.93. The largest absolute Gasteiger partial charge is 0.379 e. The molecule has 5 nitrogen and oxygen atoms in total. The van der Waals surface area contributed by atoms with Crippen molar-refractivity contribution in [3.8, 4) is 0 Å². The Morgan fingerprint density at radius 2 is 2.33 bits per heavy atom. The van der Waals surface area contributed by atoms with Crippen LogP contribution in [0.1, 0.15) is 17.8 Å². The molecule has 18 heavy (non-hydrogen) atoms. The zero-order chi connectivity index (χ0) is 12.7. The molecular weight excluding hydrogens is 250 g/mol. The first-order chi connectivity index (χ1) is 8.63. The van der Waals surface area contributed by atoms with Gasteiger partial charge in [0.2, 0.25) is 0 Å². The summed E-state index contributed by atoms with van der Waals surface area (Å²) in [6, 6.07) is 3.41. The molecule has 1 aromatic carbocycles. The van der Waals surface area contributed by atoms with Gasteiger partial charge in [-0.15, -0.1) is 11.3 Å². The van der Waals surface area contributed by atoms with Crippen LogP contribution in [0.15, 0.2) is 12.1 Å². The number of anilines is 1. The molecule has 0 bridgehead atoms. The molecule has 1 fully saturated rings. The summed E-state index contributed by atoms with van der Waals surface area (Å²) < 4.78 is 0.871. The van der Waals surface area contributed by atoms with Gasteiger partial charge in [-0.05, 0) is 31.7 Å². The van der Waals surface area contributed by atoms with E-state index in [-0.39, 0.29) is 10.6 Å². The molecule has 1 heterocycles. The fourth-order valence-electron chi connectivity index (χ4n) is 1.95. The quantitative estimate of drug-likeness (QED) is 0.678. The van der Waals surface area contributed by atoms with Crippen LogP contribution in [0.2, 0.25) is 0 Å². The molecule has 0 spiro atoms. The molecule has 0 atom stereocenters.